The quantitative estimate of drug-likeness (QED) is 0.309. The largest absolute Gasteiger partial charge is 0.494 e. The number of fused-ring (bicyclic) bond motifs is 6. The van der Waals surface area contributed by atoms with Crippen molar-refractivity contribution in [2.45, 2.75) is 77.8 Å². The zero-order chi connectivity index (χ0) is 25.7. The van der Waals surface area contributed by atoms with Gasteiger partial charge in [0.1, 0.15) is 0 Å². The van der Waals surface area contributed by atoms with Crippen molar-refractivity contribution in [3.05, 3.63) is 48.8 Å². The average molecular weight is 482 g/mol. The molecule has 3 aromatic carbocycles. The molecule has 3 heterocycles. The second-order valence-electron chi connectivity index (χ2n) is 12.0. The maximum atomic E-state index is 6.32. The predicted octanol–water partition coefficient (Wildman–Crippen LogP) is 4.53. The van der Waals surface area contributed by atoms with Gasteiger partial charge in [-0.25, -0.2) is 0 Å². The summed E-state index contributed by atoms with van der Waals surface area (Å²) in [7, 11) is -0.875. The Labute approximate surface area is 213 Å². The van der Waals surface area contributed by atoms with E-state index in [0.717, 1.165) is 43.5 Å². The first kappa shape index (κ1) is 23.9. The summed E-state index contributed by atoms with van der Waals surface area (Å²) in [6, 6.07) is 12.7. The molecule has 0 atom stereocenters. The Kier molecular flexibility index (Phi) is 4.98. The van der Waals surface area contributed by atoms with Gasteiger partial charge in [0.25, 0.3) is 0 Å². The second kappa shape index (κ2) is 7.51. The van der Waals surface area contributed by atoms with Crippen LogP contribution < -0.4 is 10.9 Å². The molecule has 0 unspecified atom stereocenters. The predicted molar refractivity (Wildman–Crippen MR) is 146 cm³/mol. The summed E-state index contributed by atoms with van der Waals surface area (Å²) >= 11 is 0. The number of rotatable bonds is 2. The number of benzene rings is 3. The first-order chi connectivity index (χ1) is 16.8. The Morgan fingerprint density at radius 3 is 1.17 bits per heavy atom. The first-order valence-corrected chi connectivity index (χ1v) is 12.6. The van der Waals surface area contributed by atoms with E-state index in [2.05, 4.69) is 91.8 Å². The van der Waals surface area contributed by atoms with Crippen LogP contribution in [0.1, 0.15) is 55.4 Å². The fourth-order valence-electron chi connectivity index (χ4n) is 4.97. The fraction of sp³-hybridized carbons (Fsp3) is 0.429. The maximum absolute atomic E-state index is 6.32. The molecular weight excluding hydrogens is 450 g/mol. The molecule has 8 heteroatoms. The molecule has 0 spiro atoms. The minimum Gasteiger partial charge on any atom is -0.399 e. The van der Waals surface area contributed by atoms with Crippen molar-refractivity contribution >= 4 is 57.7 Å². The van der Waals surface area contributed by atoms with Gasteiger partial charge in [-0.05, 0) is 77.1 Å². The molecule has 184 valence electrons. The third kappa shape index (κ3) is 3.42. The minimum atomic E-state index is -0.437. The first-order valence-electron chi connectivity index (χ1n) is 12.6. The van der Waals surface area contributed by atoms with Gasteiger partial charge in [-0.3, -0.25) is 9.97 Å². The summed E-state index contributed by atoms with van der Waals surface area (Å²) in [6.07, 6.45) is 3.49. The van der Waals surface area contributed by atoms with E-state index < -0.39 is 36.6 Å². The van der Waals surface area contributed by atoms with Crippen LogP contribution in [0.5, 0.6) is 0 Å². The van der Waals surface area contributed by atoms with E-state index in [4.69, 9.17) is 28.6 Å². The molecule has 0 saturated carbocycles. The van der Waals surface area contributed by atoms with E-state index >= 15 is 0 Å². The topological polar surface area (TPSA) is 62.7 Å². The molecule has 0 amide bonds. The lowest BCUT2D eigenvalue weighted by Crippen LogP contribution is -2.41. The highest BCUT2D eigenvalue weighted by Gasteiger charge is 2.52. The van der Waals surface area contributed by atoms with Gasteiger partial charge in [-0.1, -0.05) is 36.4 Å². The van der Waals surface area contributed by atoms with Crippen molar-refractivity contribution in [1.82, 2.24) is 9.97 Å². The Morgan fingerprint density at radius 1 is 0.500 bits per heavy atom. The molecule has 2 saturated heterocycles. The van der Waals surface area contributed by atoms with Crippen LogP contribution in [0, 0.1) is 0 Å². The van der Waals surface area contributed by atoms with Crippen molar-refractivity contribution in [2.24, 2.45) is 0 Å². The van der Waals surface area contributed by atoms with Crippen LogP contribution in [0.15, 0.2) is 48.8 Å². The van der Waals surface area contributed by atoms with Crippen molar-refractivity contribution < 1.29 is 18.6 Å². The van der Waals surface area contributed by atoms with Gasteiger partial charge in [0.05, 0.1) is 33.4 Å². The molecule has 6 rings (SSSR count). The van der Waals surface area contributed by atoms with Gasteiger partial charge in [-0.15, -0.1) is 0 Å². The molecule has 36 heavy (non-hydrogen) atoms. The lowest BCUT2D eigenvalue weighted by Gasteiger charge is -2.32. The van der Waals surface area contributed by atoms with Crippen molar-refractivity contribution in [3.8, 4) is 0 Å². The molecule has 2 aliphatic heterocycles. The molecule has 1 aromatic heterocycles. The van der Waals surface area contributed by atoms with E-state index in [1.54, 1.807) is 12.4 Å². The highest BCUT2D eigenvalue weighted by Crippen LogP contribution is 2.39. The normalized spacial score (nSPS) is 22.2. The Morgan fingerprint density at radius 2 is 0.833 bits per heavy atom. The second-order valence-corrected chi connectivity index (χ2v) is 12.0. The van der Waals surface area contributed by atoms with Gasteiger partial charge in [0.2, 0.25) is 0 Å². The van der Waals surface area contributed by atoms with Crippen LogP contribution in [0.2, 0.25) is 0 Å². The zero-order valence-electron chi connectivity index (χ0n) is 22.3. The van der Waals surface area contributed by atoms with E-state index in [1.165, 1.54) is 0 Å². The smallest absolute Gasteiger partial charge is 0.399 e. The van der Waals surface area contributed by atoms with E-state index in [0.29, 0.717) is 0 Å². The number of nitrogens with zero attached hydrogens (tertiary/aromatic N) is 2. The van der Waals surface area contributed by atoms with Gasteiger partial charge in [0.15, 0.2) is 0 Å². The van der Waals surface area contributed by atoms with Crippen LogP contribution in [0.3, 0.4) is 0 Å². The Balaban J connectivity index is 1.51. The third-order valence-corrected chi connectivity index (χ3v) is 8.64. The van der Waals surface area contributed by atoms with Crippen LogP contribution in [0.4, 0.5) is 0 Å². The summed E-state index contributed by atoms with van der Waals surface area (Å²) < 4.78 is 25.3. The highest BCUT2D eigenvalue weighted by molar-refractivity contribution is 6.63. The molecule has 0 bridgehead atoms. The molecule has 6 nitrogen and oxygen atoms in total. The van der Waals surface area contributed by atoms with Crippen molar-refractivity contribution in [3.63, 3.8) is 0 Å². The maximum Gasteiger partial charge on any atom is 0.494 e. The fourth-order valence-corrected chi connectivity index (χ4v) is 4.97. The van der Waals surface area contributed by atoms with E-state index in [9.17, 15) is 0 Å². The van der Waals surface area contributed by atoms with Crippen molar-refractivity contribution in [1.29, 1.82) is 0 Å². The SMILES string of the molecule is CC1(C)OB(c2ccc3c4ccc(B5OC(C)(C)C(C)(C)O5)cc4c4nccnc4c3c2)OC1(C)C. The summed E-state index contributed by atoms with van der Waals surface area (Å²) in [5.74, 6) is 0. The molecular formula is C28H32B2N2O4. The Hall–Kier alpha value is -2.51. The van der Waals surface area contributed by atoms with E-state index in [-0.39, 0.29) is 0 Å². The lowest BCUT2D eigenvalue weighted by molar-refractivity contribution is 0.00578. The summed E-state index contributed by atoms with van der Waals surface area (Å²) in [5, 5.41) is 4.28. The van der Waals surface area contributed by atoms with Gasteiger partial charge >= 0.3 is 14.2 Å². The molecule has 0 radical (unpaired) electrons. The van der Waals surface area contributed by atoms with Gasteiger partial charge in [0, 0.05) is 23.2 Å². The van der Waals surface area contributed by atoms with Gasteiger partial charge in [-0.2, -0.15) is 0 Å². The molecule has 0 aliphatic carbocycles. The number of aromatic nitrogens is 2. The van der Waals surface area contributed by atoms with Crippen molar-refractivity contribution in [2.75, 3.05) is 0 Å². The molecule has 0 N–H and O–H groups in total. The standard InChI is InChI=1S/C28H32B2N2O4/c1-25(2)26(3,4)34-29(33-25)17-9-11-19-20-12-10-18(30-35-27(5,6)28(7,8)36-30)16-22(20)24-23(21(19)15-17)31-13-14-32-24/h9-16H,1-8H3. The summed E-state index contributed by atoms with van der Waals surface area (Å²) in [5.41, 5.74) is 2.05. The minimum absolute atomic E-state index is 0.401. The molecule has 4 aromatic rings. The Bertz CT molecular complexity index is 1370. The van der Waals surface area contributed by atoms with E-state index in [1.807, 2.05) is 0 Å². The summed E-state index contributed by atoms with van der Waals surface area (Å²) in [6.45, 7) is 16.6. The lowest BCUT2D eigenvalue weighted by atomic mass is 9.76. The number of hydrogen-bond donors (Lipinski definition) is 0. The monoisotopic (exact) mass is 482 g/mol. The number of hydrogen-bond acceptors (Lipinski definition) is 6. The average Bonchev–Trinajstić information content (AvgIpc) is 3.18. The van der Waals surface area contributed by atoms with Crippen LogP contribution in [0.25, 0.3) is 32.6 Å². The zero-order valence-corrected chi connectivity index (χ0v) is 22.3. The summed E-state index contributed by atoms with van der Waals surface area (Å²) in [4.78, 5) is 9.50. The van der Waals surface area contributed by atoms with Gasteiger partial charge < -0.3 is 18.6 Å². The molecule has 2 fully saturated rings. The highest BCUT2D eigenvalue weighted by atomic mass is 16.7. The third-order valence-electron chi connectivity index (χ3n) is 8.64. The van der Waals surface area contributed by atoms with Crippen LogP contribution in [-0.2, 0) is 18.6 Å². The van der Waals surface area contributed by atoms with Crippen LogP contribution in [-0.4, -0.2) is 46.6 Å². The van der Waals surface area contributed by atoms with Crippen LogP contribution >= 0.6 is 0 Å². The molecule has 2 aliphatic rings.